The van der Waals surface area contributed by atoms with Crippen molar-refractivity contribution in [3.63, 3.8) is 0 Å². The van der Waals surface area contributed by atoms with Crippen molar-refractivity contribution in [1.82, 2.24) is 18.5 Å². The Kier molecular flexibility index (Phi) is 5.98. The monoisotopic (exact) mass is 666 g/mol. The Morgan fingerprint density at radius 3 is 1.96 bits per heavy atom. The van der Waals surface area contributed by atoms with E-state index in [9.17, 15) is 0 Å². The molecule has 0 spiro atoms. The van der Waals surface area contributed by atoms with Gasteiger partial charge in [-0.1, -0.05) is 135 Å². The number of nitrogens with zero attached hydrogens (tertiary/aromatic N) is 4. The van der Waals surface area contributed by atoms with Gasteiger partial charge >= 0.3 is 0 Å². The molecule has 0 amide bonds. The molecule has 7 aromatic carbocycles. The number of rotatable bonds is 4. The van der Waals surface area contributed by atoms with E-state index in [0.717, 1.165) is 50.7 Å². The lowest BCUT2D eigenvalue weighted by Gasteiger charge is -2.21. The Labute approximate surface area is 301 Å². The van der Waals surface area contributed by atoms with Crippen LogP contribution in [0.5, 0.6) is 0 Å². The molecular weight excluding hydrogens is 633 g/mol. The zero-order chi connectivity index (χ0) is 34.6. The summed E-state index contributed by atoms with van der Waals surface area (Å²) < 4.78 is 7.16. The first-order valence-corrected chi connectivity index (χ1v) is 18.0. The fraction of sp³-hybridized carbons (Fsp3) is 0.0625. The number of hydrogen-bond donors (Lipinski definition) is 0. The number of para-hydroxylation sites is 4. The first-order chi connectivity index (χ1) is 25.6. The van der Waals surface area contributed by atoms with Crippen LogP contribution in [0.15, 0.2) is 170 Å². The molecule has 1 aliphatic carbocycles. The van der Waals surface area contributed by atoms with Crippen LogP contribution in [0.25, 0.3) is 83.6 Å². The highest BCUT2D eigenvalue weighted by molar-refractivity contribution is 6.11. The highest BCUT2D eigenvalue weighted by Crippen LogP contribution is 2.51. The van der Waals surface area contributed by atoms with E-state index >= 15 is 0 Å². The van der Waals surface area contributed by atoms with Crippen molar-refractivity contribution in [2.75, 3.05) is 0 Å². The van der Waals surface area contributed by atoms with Crippen molar-refractivity contribution in [3.05, 3.63) is 181 Å². The van der Waals surface area contributed by atoms with Crippen LogP contribution in [-0.2, 0) is 5.41 Å². The van der Waals surface area contributed by atoms with Crippen molar-refractivity contribution in [3.8, 4) is 45.0 Å². The predicted octanol–water partition coefficient (Wildman–Crippen LogP) is 12.0. The lowest BCUT2D eigenvalue weighted by Crippen LogP contribution is -2.15. The Hall–Kier alpha value is -6.65. The van der Waals surface area contributed by atoms with Crippen molar-refractivity contribution in [1.29, 1.82) is 0 Å². The summed E-state index contributed by atoms with van der Waals surface area (Å²) in [4.78, 5) is 5.61. The van der Waals surface area contributed by atoms with E-state index in [1.54, 1.807) is 0 Å². The van der Waals surface area contributed by atoms with Crippen molar-refractivity contribution >= 4 is 38.6 Å². The van der Waals surface area contributed by atoms with E-state index in [1.165, 1.54) is 44.1 Å². The second-order valence-electron chi connectivity index (χ2n) is 14.4. The molecule has 11 rings (SSSR count). The summed E-state index contributed by atoms with van der Waals surface area (Å²) in [6, 6.07) is 61.4. The number of aromatic nitrogens is 4. The number of hydrogen-bond acceptors (Lipinski definition) is 1. The number of fused-ring (bicyclic) bond motifs is 9. The second-order valence-corrected chi connectivity index (χ2v) is 14.4. The maximum Gasteiger partial charge on any atom is 0.220 e. The molecule has 0 radical (unpaired) electrons. The van der Waals surface area contributed by atoms with Gasteiger partial charge in [0.25, 0.3) is 0 Å². The third-order valence-electron chi connectivity index (χ3n) is 11.3. The van der Waals surface area contributed by atoms with Gasteiger partial charge in [0.05, 0.1) is 39.1 Å². The second kappa shape index (κ2) is 10.7. The summed E-state index contributed by atoms with van der Waals surface area (Å²) in [6.07, 6.45) is 0. The highest BCUT2D eigenvalue weighted by Gasteiger charge is 2.37. The van der Waals surface area contributed by atoms with Gasteiger partial charge in [0.2, 0.25) is 5.78 Å². The standard InChI is InChI=1S/C48H34N4/c1-48(2)37-22-11-9-21-35(37)44-38(48)23-15-27-43(44)51-41-25-13-14-26-42(41)52-46(45(49-47(51)52)31-16-5-3-6-17-31)32-28-29-40-36(30-32)34-20-10-12-24-39(34)50(40)33-18-7-4-8-19-33/h3-30H,1-2H3. The molecule has 0 N–H and O–H groups in total. The minimum absolute atomic E-state index is 0.106. The summed E-state index contributed by atoms with van der Waals surface area (Å²) in [5.41, 5.74) is 16.4. The lowest BCUT2D eigenvalue weighted by atomic mass is 9.82. The molecule has 0 unspecified atom stereocenters. The normalized spacial score (nSPS) is 13.3. The Bertz CT molecular complexity index is 3030. The van der Waals surface area contributed by atoms with Gasteiger partial charge in [0.1, 0.15) is 0 Å². The third-order valence-corrected chi connectivity index (χ3v) is 11.3. The molecule has 0 bridgehead atoms. The molecule has 3 heterocycles. The minimum atomic E-state index is -0.106. The van der Waals surface area contributed by atoms with E-state index in [-0.39, 0.29) is 5.41 Å². The van der Waals surface area contributed by atoms with Crippen LogP contribution in [0.3, 0.4) is 0 Å². The fourth-order valence-electron chi connectivity index (χ4n) is 8.93. The molecule has 52 heavy (non-hydrogen) atoms. The van der Waals surface area contributed by atoms with Crippen molar-refractivity contribution in [2.24, 2.45) is 0 Å². The average molecular weight is 667 g/mol. The van der Waals surface area contributed by atoms with Crippen LogP contribution in [0, 0.1) is 0 Å². The van der Waals surface area contributed by atoms with E-state index in [0.29, 0.717) is 0 Å². The lowest BCUT2D eigenvalue weighted by molar-refractivity contribution is 0.660. The van der Waals surface area contributed by atoms with Crippen LogP contribution in [-0.4, -0.2) is 18.5 Å². The van der Waals surface area contributed by atoms with Crippen LogP contribution in [0.2, 0.25) is 0 Å². The van der Waals surface area contributed by atoms with Crippen LogP contribution >= 0.6 is 0 Å². The topological polar surface area (TPSA) is 27.2 Å². The molecule has 3 aromatic heterocycles. The Morgan fingerprint density at radius 2 is 1.13 bits per heavy atom. The molecule has 0 saturated heterocycles. The molecule has 4 heteroatoms. The summed E-state index contributed by atoms with van der Waals surface area (Å²) in [5.74, 6) is 0.900. The van der Waals surface area contributed by atoms with E-state index in [4.69, 9.17) is 4.98 Å². The van der Waals surface area contributed by atoms with Gasteiger partial charge in [-0.3, -0.25) is 8.97 Å². The van der Waals surface area contributed by atoms with E-state index in [1.807, 2.05) is 0 Å². The van der Waals surface area contributed by atoms with Gasteiger partial charge < -0.3 is 4.57 Å². The van der Waals surface area contributed by atoms with Gasteiger partial charge in [-0.15, -0.1) is 0 Å². The van der Waals surface area contributed by atoms with Crippen LogP contribution in [0.4, 0.5) is 0 Å². The first-order valence-electron chi connectivity index (χ1n) is 18.0. The molecule has 4 nitrogen and oxygen atoms in total. The van der Waals surface area contributed by atoms with Crippen LogP contribution < -0.4 is 0 Å². The summed E-state index contributed by atoms with van der Waals surface area (Å²) >= 11 is 0. The molecule has 10 aromatic rings. The molecule has 246 valence electrons. The molecule has 0 fully saturated rings. The van der Waals surface area contributed by atoms with Gasteiger partial charge in [-0.2, -0.15) is 0 Å². The van der Waals surface area contributed by atoms with E-state index in [2.05, 4.69) is 197 Å². The van der Waals surface area contributed by atoms with Crippen molar-refractivity contribution < 1.29 is 0 Å². The third kappa shape index (κ3) is 3.89. The number of imidazole rings is 2. The van der Waals surface area contributed by atoms with Gasteiger partial charge in [0, 0.05) is 38.6 Å². The van der Waals surface area contributed by atoms with Crippen LogP contribution in [0.1, 0.15) is 25.0 Å². The summed E-state index contributed by atoms with van der Waals surface area (Å²) in [7, 11) is 0. The Morgan fingerprint density at radius 1 is 0.481 bits per heavy atom. The zero-order valence-corrected chi connectivity index (χ0v) is 29.0. The maximum atomic E-state index is 5.61. The molecule has 1 aliphatic rings. The van der Waals surface area contributed by atoms with Gasteiger partial charge in [0.15, 0.2) is 0 Å². The molecule has 0 atom stereocenters. The molecular formula is C48H34N4. The quantitative estimate of drug-likeness (QED) is 0.184. The SMILES string of the molecule is CC1(C)c2ccccc2-c2c(-n3c4ccccc4n4c(-c5ccc6c(c5)c5ccccc5n6-c5ccccc5)c(-c5ccccc5)nc34)cccc21. The van der Waals surface area contributed by atoms with Gasteiger partial charge in [-0.05, 0) is 65.2 Å². The molecule has 0 aliphatic heterocycles. The first kappa shape index (κ1) is 29.1. The largest absolute Gasteiger partial charge is 0.309 e. The predicted molar refractivity (Wildman–Crippen MR) is 215 cm³/mol. The van der Waals surface area contributed by atoms with Crippen molar-refractivity contribution in [2.45, 2.75) is 19.3 Å². The highest BCUT2D eigenvalue weighted by atomic mass is 15.2. The van der Waals surface area contributed by atoms with E-state index < -0.39 is 0 Å². The Balaban J connectivity index is 1.25. The smallest absolute Gasteiger partial charge is 0.220 e. The van der Waals surface area contributed by atoms with Gasteiger partial charge in [-0.25, -0.2) is 4.98 Å². The minimum Gasteiger partial charge on any atom is -0.309 e. The summed E-state index contributed by atoms with van der Waals surface area (Å²) in [5, 5.41) is 2.45. The molecule has 0 saturated carbocycles. The summed E-state index contributed by atoms with van der Waals surface area (Å²) in [6.45, 7) is 4.69. The maximum absolute atomic E-state index is 5.61. The fourth-order valence-corrected chi connectivity index (χ4v) is 8.93. The zero-order valence-electron chi connectivity index (χ0n) is 29.0. The average Bonchev–Trinajstić information content (AvgIpc) is 3.90. The number of benzene rings is 7.